The Bertz CT molecular complexity index is 355. The number of hydrogen-bond acceptors (Lipinski definition) is 2. The van der Waals surface area contributed by atoms with Gasteiger partial charge in [0.15, 0.2) is 0 Å². The van der Waals surface area contributed by atoms with E-state index in [-0.39, 0.29) is 6.10 Å². The Hall–Kier alpha value is 0.140. The van der Waals surface area contributed by atoms with Gasteiger partial charge >= 0.3 is 0 Å². The molecule has 3 atom stereocenters. The normalized spacial score (nSPS) is 27.1. The maximum Gasteiger partial charge on any atom is 0.0913 e. The average molecular weight is 317 g/mol. The summed E-state index contributed by atoms with van der Waals surface area (Å²) in [5.41, 5.74) is 0. The van der Waals surface area contributed by atoms with Gasteiger partial charge in [0.05, 0.1) is 6.10 Å². The summed E-state index contributed by atoms with van der Waals surface area (Å²) in [6, 6.07) is 2.10. The van der Waals surface area contributed by atoms with Crippen LogP contribution in [0.2, 0.25) is 0 Å². The number of halogens is 1. The number of thiophene rings is 1. The second-order valence-electron chi connectivity index (χ2n) is 5.11. The molecule has 1 aliphatic carbocycles. The van der Waals surface area contributed by atoms with Gasteiger partial charge in [-0.15, -0.1) is 11.3 Å². The van der Waals surface area contributed by atoms with Crippen LogP contribution >= 0.6 is 27.3 Å². The van der Waals surface area contributed by atoms with Crippen LogP contribution < -0.4 is 0 Å². The minimum atomic E-state index is -0.254. The molecule has 0 amide bonds. The standard InChI is InChI=1S/C14H21BrOS/c1-3-10-6-4-5-7-11(10)14(16)13-8-12(15)9(2)17-13/h8,10-11,14,16H,3-7H2,1-2H3. The molecule has 1 heterocycles. The Balaban J connectivity index is 2.14. The van der Waals surface area contributed by atoms with Crippen LogP contribution in [0.3, 0.4) is 0 Å². The fourth-order valence-electron chi connectivity index (χ4n) is 3.00. The van der Waals surface area contributed by atoms with Crippen molar-refractivity contribution in [1.82, 2.24) is 0 Å². The van der Waals surface area contributed by atoms with E-state index in [0.717, 1.165) is 9.35 Å². The maximum absolute atomic E-state index is 10.6. The molecule has 0 radical (unpaired) electrons. The summed E-state index contributed by atoms with van der Waals surface area (Å²) in [4.78, 5) is 2.41. The Morgan fingerprint density at radius 1 is 1.47 bits per heavy atom. The molecule has 1 aromatic rings. The van der Waals surface area contributed by atoms with Crippen molar-refractivity contribution in [2.75, 3.05) is 0 Å². The molecule has 2 rings (SSSR count). The van der Waals surface area contributed by atoms with Gasteiger partial charge in [-0.2, -0.15) is 0 Å². The SMILES string of the molecule is CCC1CCCCC1C(O)c1cc(Br)c(C)s1. The first-order chi connectivity index (χ1) is 8.13. The van der Waals surface area contributed by atoms with E-state index in [1.165, 1.54) is 37.0 Å². The molecule has 3 unspecified atom stereocenters. The minimum absolute atomic E-state index is 0.254. The summed E-state index contributed by atoms with van der Waals surface area (Å²) < 4.78 is 1.14. The summed E-state index contributed by atoms with van der Waals surface area (Å²) in [5, 5.41) is 10.6. The van der Waals surface area contributed by atoms with Gasteiger partial charge in [0.25, 0.3) is 0 Å². The van der Waals surface area contributed by atoms with E-state index >= 15 is 0 Å². The summed E-state index contributed by atoms with van der Waals surface area (Å²) >= 11 is 5.27. The lowest BCUT2D eigenvalue weighted by Crippen LogP contribution is -2.24. The molecule has 3 heteroatoms. The molecule has 1 aromatic heterocycles. The van der Waals surface area contributed by atoms with Crippen molar-refractivity contribution in [2.24, 2.45) is 11.8 Å². The van der Waals surface area contributed by atoms with Crippen LogP contribution in [0.15, 0.2) is 10.5 Å². The van der Waals surface area contributed by atoms with Crippen molar-refractivity contribution in [1.29, 1.82) is 0 Å². The van der Waals surface area contributed by atoms with Crippen molar-refractivity contribution in [2.45, 2.75) is 52.1 Å². The van der Waals surface area contributed by atoms with Crippen molar-refractivity contribution < 1.29 is 5.11 Å². The molecular weight excluding hydrogens is 296 g/mol. The lowest BCUT2D eigenvalue weighted by atomic mass is 9.74. The average Bonchev–Trinajstić information content (AvgIpc) is 2.68. The zero-order valence-electron chi connectivity index (χ0n) is 10.6. The predicted molar refractivity (Wildman–Crippen MR) is 77.5 cm³/mol. The van der Waals surface area contributed by atoms with E-state index in [1.807, 2.05) is 0 Å². The molecule has 96 valence electrons. The fraction of sp³-hybridized carbons (Fsp3) is 0.714. The third-order valence-electron chi connectivity index (χ3n) is 4.07. The van der Waals surface area contributed by atoms with E-state index in [2.05, 4.69) is 35.8 Å². The Labute approximate surface area is 116 Å². The van der Waals surface area contributed by atoms with Crippen molar-refractivity contribution >= 4 is 27.3 Å². The van der Waals surface area contributed by atoms with Gasteiger partial charge in [-0.05, 0) is 47.2 Å². The summed E-state index contributed by atoms with van der Waals surface area (Å²) in [6.45, 7) is 4.36. The second kappa shape index (κ2) is 5.85. The van der Waals surface area contributed by atoms with Crippen LogP contribution in [0.5, 0.6) is 0 Å². The number of rotatable bonds is 3. The summed E-state index contributed by atoms with van der Waals surface area (Å²) in [6.07, 6.45) is 6.06. The molecule has 1 saturated carbocycles. The maximum atomic E-state index is 10.6. The van der Waals surface area contributed by atoms with Crippen LogP contribution in [0.1, 0.15) is 54.9 Å². The Kier molecular flexibility index (Phi) is 4.67. The zero-order valence-corrected chi connectivity index (χ0v) is 13.0. The minimum Gasteiger partial charge on any atom is -0.387 e. The lowest BCUT2D eigenvalue weighted by Gasteiger charge is -2.33. The fourth-order valence-corrected chi connectivity index (χ4v) is 4.62. The van der Waals surface area contributed by atoms with Gasteiger partial charge in [-0.1, -0.05) is 32.6 Å². The van der Waals surface area contributed by atoms with Gasteiger partial charge in [-0.25, -0.2) is 0 Å². The third-order valence-corrected chi connectivity index (χ3v) is 6.27. The highest BCUT2D eigenvalue weighted by Crippen LogP contribution is 2.43. The monoisotopic (exact) mass is 316 g/mol. The van der Waals surface area contributed by atoms with Gasteiger partial charge < -0.3 is 5.11 Å². The van der Waals surface area contributed by atoms with Gasteiger partial charge in [0.1, 0.15) is 0 Å². The molecule has 0 aromatic carbocycles. The quantitative estimate of drug-likeness (QED) is 0.825. The van der Waals surface area contributed by atoms with Crippen molar-refractivity contribution in [3.63, 3.8) is 0 Å². The van der Waals surface area contributed by atoms with Crippen LogP contribution in [0.25, 0.3) is 0 Å². The van der Waals surface area contributed by atoms with E-state index in [9.17, 15) is 5.11 Å². The molecule has 0 saturated heterocycles. The molecule has 17 heavy (non-hydrogen) atoms. The van der Waals surface area contributed by atoms with Crippen LogP contribution in [0, 0.1) is 18.8 Å². The second-order valence-corrected chi connectivity index (χ2v) is 7.26. The number of hydrogen-bond donors (Lipinski definition) is 1. The highest BCUT2D eigenvalue weighted by atomic mass is 79.9. The van der Waals surface area contributed by atoms with Gasteiger partial charge in [-0.3, -0.25) is 0 Å². The van der Waals surface area contributed by atoms with Crippen LogP contribution in [-0.2, 0) is 0 Å². The molecule has 1 nitrogen and oxygen atoms in total. The smallest absolute Gasteiger partial charge is 0.0913 e. The van der Waals surface area contributed by atoms with E-state index in [1.54, 1.807) is 11.3 Å². The highest BCUT2D eigenvalue weighted by Gasteiger charge is 2.31. The first kappa shape index (κ1) is 13.6. The van der Waals surface area contributed by atoms with Crippen LogP contribution in [-0.4, -0.2) is 5.11 Å². The predicted octanol–water partition coefficient (Wildman–Crippen LogP) is 5.07. The number of aliphatic hydroxyl groups excluding tert-OH is 1. The zero-order chi connectivity index (χ0) is 12.4. The molecular formula is C14H21BrOS. The molecule has 0 bridgehead atoms. The van der Waals surface area contributed by atoms with Crippen LogP contribution in [0.4, 0.5) is 0 Å². The first-order valence-electron chi connectivity index (χ1n) is 6.57. The number of aryl methyl sites for hydroxylation is 1. The van der Waals surface area contributed by atoms with Gasteiger partial charge in [0.2, 0.25) is 0 Å². The Morgan fingerprint density at radius 3 is 2.76 bits per heavy atom. The molecule has 0 aliphatic heterocycles. The lowest BCUT2D eigenvalue weighted by molar-refractivity contribution is 0.0477. The Morgan fingerprint density at radius 2 is 2.18 bits per heavy atom. The van der Waals surface area contributed by atoms with E-state index in [4.69, 9.17) is 0 Å². The third kappa shape index (κ3) is 2.94. The topological polar surface area (TPSA) is 20.2 Å². The van der Waals surface area contributed by atoms with E-state index in [0.29, 0.717) is 11.8 Å². The number of aliphatic hydroxyl groups is 1. The largest absolute Gasteiger partial charge is 0.387 e. The summed E-state index contributed by atoms with van der Waals surface area (Å²) in [7, 11) is 0. The first-order valence-corrected chi connectivity index (χ1v) is 8.18. The molecule has 0 spiro atoms. The van der Waals surface area contributed by atoms with Crippen molar-refractivity contribution in [3.05, 3.63) is 20.3 Å². The molecule has 1 fully saturated rings. The molecule has 1 aliphatic rings. The summed E-state index contributed by atoms with van der Waals surface area (Å²) in [5.74, 6) is 1.18. The molecule has 1 N–H and O–H groups in total. The van der Waals surface area contributed by atoms with Gasteiger partial charge in [0, 0.05) is 14.2 Å². The van der Waals surface area contributed by atoms with Crippen molar-refractivity contribution in [3.8, 4) is 0 Å². The highest BCUT2D eigenvalue weighted by molar-refractivity contribution is 9.10. The van der Waals surface area contributed by atoms with E-state index < -0.39 is 0 Å².